The average Bonchev–Trinajstić information content (AvgIpc) is 2.33. The van der Waals surface area contributed by atoms with Crippen LogP contribution in [-0.2, 0) is 6.42 Å². The van der Waals surface area contributed by atoms with Gasteiger partial charge < -0.3 is 5.32 Å². The van der Waals surface area contributed by atoms with Crippen LogP contribution in [-0.4, -0.2) is 12.6 Å². The first-order valence-electron chi connectivity index (χ1n) is 6.72. The predicted octanol–water partition coefficient (Wildman–Crippen LogP) is 4.55. The third-order valence-electron chi connectivity index (χ3n) is 3.19. The molecule has 1 atom stereocenters. The van der Waals surface area contributed by atoms with Gasteiger partial charge in [0.25, 0.3) is 0 Å². The van der Waals surface area contributed by atoms with Gasteiger partial charge in [0.15, 0.2) is 0 Å². The van der Waals surface area contributed by atoms with Crippen LogP contribution in [0.3, 0.4) is 0 Å². The van der Waals surface area contributed by atoms with Gasteiger partial charge in [0.05, 0.1) is 0 Å². The molecule has 1 aromatic carbocycles. The van der Waals surface area contributed by atoms with Crippen molar-refractivity contribution in [2.24, 2.45) is 5.92 Å². The van der Waals surface area contributed by atoms with Crippen LogP contribution in [0.15, 0.2) is 22.7 Å². The summed E-state index contributed by atoms with van der Waals surface area (Å²) in [5.41, 5.74) is 0.799. The molecule has 0 fully saturated rings. The molecule has 18 heavy (non-hydrogen) atoms. The lowest BCUT2D eigenvalue weighted by molar-refractivity contribution is 0.376. The molecule has 0 spiro atoms. The van der Waals surface area contributed by atoms with Gasteiger partial charge in [-0.1, -0.05) is 36.7 Å². The van der Waals surface area contributed by atoms with Gasteiger partial charge in [-0.15, -0.1) is 0 Å². The van der Waals surface area contributed by atoms with Crippen LogP contribution >= 0.6 is 15.9 Å². The maximum absolute atomic E-state index is 13.6. The van der Waals surface area contributed by atoms with Gasteiger partial charge in [0.1, 0.15) is 5.82 Å². The highest BCUT2D eigenvalue weighted by atomic mass is 79.9. The Bertz CT molecular complexity index is 366. The first kappa shape index (κ1) is 15.6. The van der Waals surface area contributed by atoms with Crippen molar-refractivity contribution >= 4 is 15.9 Å². The Labute approximate surface area is 118 Å². The molecule has 3 heteroatoms. The van der Waals surface area contributed by atoms with E-state index in [2.05, 4.69) is 42.0 Å². The summed E-state index contributed by atoms with van der Waals surface area (Å²) in [6, 6.07) is 5.62. The number of hydrogen-bond donors (Lipinski definition) is 1. The minimum atomic E-state index is -0.101. The molecule has 1 aromatic rings. The molecule has 0 saturated heterocycles. The number of aryl methyl sites for hydroxylation is 1. The van der Waals surface area contributed by atoms with E-state index in [1.54, 1.807) is 6.07 Å². The molecule has 1 rings (SSSR count). The summed E-state index contributed by atoms with van der Waals surface area (Å²) in [6.07, 6.45) is 2.89. The van der Waals surface area contributed by atoms with Crippen molar-refractivity contribution in [3.63, 3.8) is 0 Å². The smallest absolute Gasteiger partial charge is 0.126 e. The monoisotopic (exact) mass is 315 g/mol. The molecule has 102 valence electrons. The van der Waals surface area contributed by atoms with Crippen LogP contribution in [0.1, 0.15) is 39.2 Å². The van der Waals surface area contributed by atoms with E-state index in [0.29, 0.717) is 12.0 Å². The van der Waals surface area contributed by atoms with Crippen molar-refractivity contribution in [1.82, 2.24) is 5.32 Å². The van der Waals surface area contributed by atoms with E-state index >= 15 is 0 Å². The van der Waals surface area contributed by atoms with Crippen LogP contribution in [0, 0.1) is 11.7 Å². The highest BCUT2D eigenvalue weighted by Crippen LogP contribution is 2.18. The minimum absolute atomic E-state index is 0.101. The summed E-state index contributed by atoms with van der Waals surface area (Å²) < 4.78 is 14.6. The normalized spacial score (nSPS) is 13.0. The second-order valence-electron chi connectivity index (χ2n) is 5.08. The van der Waals surface area contributed by atoms with Gasteiger partial charge in [-0.05, 0) is 55.5 Å². The second-order valence-corrected chi connectivity index (χ2v) is 5.99. The number of benzene rings is 1. The van der Waals surface area contributed by atoms with E-state index in [9.17, 15) is 4.39 Å². The van der Waals surface area contributed by atoms with Gasteiger partial charge >= 0.3 is 0 Å². The van der Waals surface area contributed by atoms with Gasteiger partial charge in [-0.3, -0.25) is 0 Å². The molecular formula is C15H23BrFN. The summed E-state index contributed by atoms with van der Waals surface area (Å²) in [6.45, 7) is 7.62. The van der Waals surface area contributed by atoms with E-state index in [4.69, 9.17) is 0 Å². The zero-order valence-electron chi connectivity index (χ0n) is 11.5. The third kappa shape index (κ3) is 5.07. The standard InChI is InChI=1S/C15H23BrFN/c1-4-9-18-15(11(2)3)8-5-12-10-13(16)6-7-14(12)17/h6-7,10-11,15,18H,4-5,8-9H2,1-3H3. The summed E-state index contributed by atoms with van der Waals surface area (Å²) in [5, 5.41) is 3.54. The van der Waals surface area contributed by atoms with E-state index in [1.807, 2.05) is 6.07 Å². The molecule has 1 nitrogen and oxygen atoms in total. The van der Waals surface area contributed by atoms with Crippen LogP contribution < -0.4 is 5.32 Å². The molecule has 0 aromatic heterocycles. The average molecular weight is 316 g/mol. The van der Waals surface area contributed by atoms with Crippen LogP contribution in [0.25, 0.3) is 0 Å². The summed E-state index contributed by atoms with van der Waals surface area (Å²) in [4.78, 5) is 0. The summed E-state index contributed by atoms with van der Waals surface area (Å²) >= 11 is 3.39. The Morgan fingerprint density at radius 2 is 2.06 bits per heavy atom. The molecule has 0 amide bonds. The van der Waals surface area contributed by atoms with Gasteiger partial charge in [-0.25, -0.2) is 4.39 Å². The predicted molar refractivity (Wildman–Crippen MR) is 79.3 cm³/mol. The Balaban J connectivity index is 2.58. The van der Waals surface area contributed by atoms with Crippen LogP contribution in [0.4, 0.5) is 4.39 Å². The zero-order chi connectivity index (χ0) is 13.5. The molecule has 0 aliphatic rings. The topological polar surface area (TPSA) is 12.0 Å². The lowest BCUT2D eigenvalue weighted by Crippen LogP contribution is -2.34. The molecular weight excluding hydrogens is 293 g/mol. The van der Waals surface area contributed by atoms with Crippen LogP contribution in [0.5, 0.6) is 0 Å². The fourth-order valence-corrected chi connectivity index (χ4v) is 2.46. The van der Waals surface area contributed by atoms with E-state index in [-0.39, 0.29) is 5.82 Å². The molecule has 0 heterocycles. The molecule has 0 saturated carbocycles. The molecule has 0 bridgehead atoms. The maximum atomic E-state index is 13.6. The zero-order valence-corrected chi connectivity index (χ0v) is 13.1. The molecule has 0 aliphatic carbocycles. The lowest BCUT2D eigenvalue weighted by Gasteiger charge is -2.22. The van der Waals surface area contributed by atoms with E-state index in [1.165, 1.54) is 6.07 Å². The van der Waals surface area contributed by atoms with Gasteiger partial charge in [0.2, 0.25) is 0 Å². The van der Waals surface area contributed by atoms with E-state index < -0.39 is 0 Å². The van der Waals surface area contributed by atoms with Crippen molar-refractivity contribution in [3.05, 3.63) is 34.1 Å². The minimum Gasteiger partial charge on any atom is -0.314 e. The highest BCUT2D eigenvalue weighted by molar-refractivity contribution is 9.10. The molecule has 1 N–H and O–H groups in total. The van der Waals surface area contributed by atoms with Crippen molar-refractivity contribution < 1.29 is 4.39 Å². The molecule has 0 radical (unpaired) electrons. The number of rotatable bonds is 7. The SMILES string of the molecule is CCCNC(CCc1cc(Br)ccc1F)C(C)C. The number of halogens is 2. The van der Waals surface area contributed by atoms with Crippen molar-refractivity contribution in [3.8, 4) is 0 Å². The van der Waals surface area contributed by atoms with Crippen molar-refractivity contribution in [1.29, 1.82) is 0 Å². The maximum Gasteiger partial charge on any atom is 0.126 e. The summed E-state index contributed by atoms with van der Waals surface area (Å²) in [5.74, 6) is 0.475. The van der Waals surface area contributed by atoms with Crippen molar-refractivity contribution in [2.75, 3.05) is 6.54 Å². The quantitative estimate of drug-likeness (QED) is 0.778. The Kier molecular flexibility index (Phi) is 6.87. The number of hydrogen-bond acceptors (Lipinski definition) is 1. The van der Waals surface area contributed by atoms with E-state index in [0.717, 1.165) is 35.8 Å². The van der Waals surface area contributed by atoms with Gasteiger partial charge in [0, 0.05) is 10.5 Å². The first-order chi connectivity index (χ1) is 8.54. The lowest BCUT2D eigenvalue weighted by atomic mass is 9.96. The first-order valence-corrected chi connectivity index (χ1v) is 7.51. The highest BCUT2D eigenvalue weighted by Gasteiger charge is 2.13. The Morgan fingerprint density at radius 3 is 2.67 bits per heavy atom. The largest absolute Gasteiger partial charge is 0.314 e. The van der Waals surface area contributed by atoms with Gasteiger partial charge in [-0.2, -0.15) is 0 Å². The fourth-order valence-electron chi connectivity index (χ4n) is 2.05. The van der Waals surface area contributed by atoms with Crippen LogP contribution in [0.2, 0.25) is 0 Å². The third-order valence-corrected chi connectivity index (χ3v) is 3.69. The number of nitrogens with one attached hydrogen (secondary N) is 1. The Hall–Kier alpha value is -0.410. The summed E-state index contributed by atoms with van der Waals surface area (Å²) in [7, 11) is 0. The molecule has 0 aliphatic heterocycles. The van der Waals surface area contributed by atoms with Crippen molar-refractivity contribution in [2.45, 2.75) is 46.1 Å². The Morgan fingerprint density at radius 1 is 1.33 bits per heavy atom. The second kappa shape index (κ2) is 7.90. The molecule has 1 unspecified atom stereocenters. The fraction of sp³-hybridized carbons (Fsp3) is 0.600.